The van der Waals surface area contributed by atoms with Gasteiger partial charge in [0.05, 0.1) is 12.6 Å². The number of aliphatic imine (C=N–C) groups is 1. The van der Waals surface area contributed by atoms with Crippen molar-refractivity contribution in [2.45, 2.75) is 39.7 Å². The first-order chi connectivity index (χ1) is 13.3. The van der Waals surface area contributed by atoms with E-state index < -0.39 is 0 Å². The van der Waals surface area contributed by atoms with Gasteiger partial charge in [-0.05, 0) is 36.5 Å². The van der Waals surface area contributed by atoms with Gasteiger partial charge >= 0.3 is 0 Å². The predicted molar refractivity (Wildman–Crippen MR) is 114 cm³/mol. The largest absolute Gasteiger partial charge is 0.377 e. The van der Waals surface area contributed by atoms with Gasteiger partial charge in [-0.3, -0.25) is 9.79 Å². The van der Waals surface area contributed by atoms with E-state index in [0.29, 0.717) is 17.6 Å². The van der Waals surface area contributed by atoms with Crippen LogP contribution in [-0.4, -0.2) is 44.7 Å². The van der Waals surface area contributed by atoms with Crippen LogP contribution in [0.25, 0.3) is 0 Å². The number of carbonyl (C=O) groups is 1. The van der Waals surface area contributed by atoms with Gasteiger partial charge in [0.1, 0.15) is 0 Å². The summed E-state index contributed by atoms with van der Waals surface area (Å²) in [5.41, 5.74) is 1.50. The van der Waals surface area contributed by atoms with Crippen LogP contribution in [0.5, 0.6) is 0 Å². The van der Waals surface area contributed by atoms with Crippen molar-refractivity contribution in [1.82, 2.24) is 10.6 Å². The standard InChI is InChI=1S/C22H32N4O2/c1-6-16-9-7-11-18(13-16)26-19(27)15-25-21(23-5)24-14-17-10-8-12-28-20(17)22(2,3)4/h1,7,9,11,13,17,20H,8,10,12,14-15H2,2-5H3,(H,26,27)(H2,23,24,25). The second-order valence-electron chi connectivity index (χ2n) is 8.14. The van der Waals surface area contributed by atoms with Crippen LogP contribution < -0.4 is 16.0 Å². The van der Waals surface area contributed by atoms with Crippen LogP contribution in [-0.2, 0) is 9.53 Å². The van der Waals surface area contributed by atoms with Crippen molar-refractivity contribution < 1.29 is 9.53 Å². The lowest BCUT2D eigenvalue weighted by atomic mass is 9.78. The van der Waals surface area contributed by atoms with Gasteiger partial charge in [0.25, 0.3) is 0 Å². The maximum Gasteiger partial charge on any atom is 0.243 e. The molecule has 1 aromatic rings. The first kappa shape index (κ1) is 21.8. The third-order valence-corrected chi connectivity index (χ3v) is 4.78. The van der Waals surface area contributed by atoms with Crippen molar-refractivity contribution >= 4 is 17.6 Å². The highest BCUT2D eigenvalue weighted by Crippen LogP contribution is 2.33. The van der Waals surface area contributed by atoms with Gasteiger partial charge in [-0.15, -0.1) is 6.42 Å². The lowest BCUT2D eigenvalue weighted by Gasteiger charge is -2.40. The molecule has 0 spiro atoms. The minimum atomic E-state index is -0.161. The molecule has 152 valence electrons. The SMILES string of the molecule is C#Cc1cccc(NC(=O)CNC(=NC)NCC2CCCOC2C(C)(C)C)c1. The average molecular weight is 385 g/mol. The van der Waals surface area contributed by atoms with Gasteiger partial charge in [-0.1, -0.05) is 32.8 Å². The molecule has 1 saturated heterocycles. The highest BCUT2D eigenvalue weighted by molar-refractivity contribution is 5.95. The molecule has 6 nitrogen and oxygen atoms in total. The Morgan fingerprint density at radius 1 is 1.36 bits per heavy atom. The number of hydrogen-bond acceptors (Lipinski definition) is 3. The molecule has 2 atom stereocenters. The van der Waals surface area contributed by atoms with E-state index in [9.17, 15) is 4.79 Å². The second-order valence-corrected chi connectivity index (χ2v) is 8.14. The Morgan fingerprint density at radius 3 is 2.82 bits per heavy atom. The number of amides is 1. The van der Waals surface area contributed by atoms with Crippen molar-refractivity contribution in [1.29, 1.82) is 0 Å². The molecule has 0 aliphatic carbocycles. The minimum Gasteiger partial charge on any atom is -0.377 e. The molecule has 3 N–H and O–H groups in total. The molecular formula is C22H32N4O2. The van der Waals surface area contributed by atoms with E-state index in [1.165, 1.54) is 0 Å². The monoisotopic (exact) mass is 384 g/mol. The van der Waals surface area contributed by atoms with Crippen molar-refractivity contribution in [2.75, 3.05) is 32.1 Å². The number of guanidine groups is 1. The topological polar surface area (TPSA) is 74.8 Å². The van der Waals surface area contributed by atoms with Gasteiger partial charge in [0.2, 0.25) is 5.91 Å². The summed E-state index contributed by atoms with van der Waals surface area (Å²) in [4.78, 5) is 16.4. The fourth-order valence-corrected chi connectivity index (χ4v) is 3.51. The molecule has 6 heteroatoms. The number of anilines is 1. The van der Waals surface area contributed by atoms with Crippen LogP contribution in [0.3, 0.4) is 0 Å². The summed E-state index contributed by atoms with van der Waals surface area (Å²) < 4.78 is 6.03. The molecule has 2 unspecified atom stereocenters. The molecule has 1 fully saturated rings. The van der Waals surface area contributed by atoms with E-state index in [-0.39, 0.29) is 24.0 Å². The van der Waals surface area contributed by atoms with Gasteiger partial charge in [0.15, 0.2) is 5.96 Å². The summed E-state index contributed by atoms with van der Waals surface area (Å²) in [5, 5.41) is 9.22. The summed E-state index contributed by atoms with van der Waals surface area (Å²) in [7, 11) is 1.70. The average Bonchev–Trinajstić information content (AvgIpc) is 2.67. The molecule has 1 heterocycles. The number of ether oxygens (including phenoxy) is 1. The Kier molecular flexibility index (Phi) is 7.89. The van der Waals surface area contributed by atoms with E-state index in [4.69, 9.17) is 11.2 Å². The molecular weight excluding hydrogens is 352 g/mol. The van der Waals surface area contributed by atoms with Crippen LogP contribution in [0, 0.1) is 23.7 Å². The van der Waals surface area contributed by atoms with E-state index in [1.54, 1.807) is 13.1 Å². The number of nitrogens with zero attached hydrogens (tertiary/aromatic N) is 1. The highest BCUT2D eigenvalue weighted by Gasteiger charge is 2.35. The number of hydrogen-bond donors (Lipinski definition) is 3. The summed E-state index contributed by atoms with van der Waals surface area (Å²) >= 11 is 0. The van der Waals surface area contributed by atoms with Crippen LogP contribution in [0.15, 0.2) is 29.3 Å². The van der Waals surface area contributed by atoms with E-state index in [2.05, 4.69) is 47.6 Å². The number of rotatable bonds is 5. The number of benzene rings is 1. The molecule has 1 amide bonds. The van der Waals surface area contributed by atoms with Gasteiger partial charge < -0.3 is 20.7 Å². The van der Waals surface area contributed by atoms with Crippen LogP contribution >= 0.6 is 0 Å². The second kappa shape index (κ2) is 10.1. The molecule has 1 aliphatic rings. The van der Waals surface area contributed by atoms with E-state index in [1.807, 2.05) is 18.2 Å². The Morgan fingerprint density at radius 2 is 2.14 bits per heavy atom. The van der Waals surface area contributed by atoms with Gasteiger partial charge in [-0.2, -0.15) is 0 Å². The van der Waals surface area contributed by atoms with Crippen molar-refractivity contribution in [2.24, 2.45) is 16.3 Å². The third-order valence-electron chi connectivity index (χ3n) is 4.78. The Hall–Kier alpha value is -2.52. The zero-order valence-electron chi connectivity index (χ0n) is 17.3. The van der Waals surface area contributed by atoms with Crippen LogP contribution in [0.4, 0.5) is 5.69 Å². The van der Waals surface area contributed by atoms with Crippen LogP contribution in [0.1, 0.15) is 39.2 Å². The molecule has 2 rings (SSSR count). The summed E-state index contributed by atoms with van der Waals surface area (Å²) in [6, 6.07) is 7.21. The lowest BCUT2D eigenvalue weighted by Crippen LogP contribution is -2.48. The van der Waals surface area contributed by atoms with E-state index >= 15 is 0 Å². The van der Waals surface area contributed by atoms with Crippen molar-refractivity contribution in [3.63, 3.8) is 0 Å². The molecule has 0 aromatic heterocycles. The fourth-order valence-electron chi connectivity index (χ4n) is 3.51. The maximum atomic E-state index is 12.2. The molecule has 28 heavy (non-hydrogen) atoms. The Bertz CT molecular complexity index is 731. The molecule has 0 saturated carbocycles. The van der Waals surface area contributed by atoms with Gasteiger partial charge in [0, 0.05) is 37.4 Å². The molecule has 0 radical (unpaired) electrons. The van der Waals surface area contributed by atoms with Crippen molar-refractivity contribution in [3.05, 3.63) is 29.8 Å². The van der Waals surface area contributed by atoms with Crippen LogP contribution in [0.2, 0.25) is 0 Å². The summed E-state index contributed by atoms with van der Waals surface area (Å²) in [5.74, 6) is 3.41. The summed E-state index contributed by atoms with van der Waals surface area (Å²) in [6.45, 7) is 8.33. The normalized spacial score (nSPS) is 20.2. The minimum absolute atomic E-state index is 0.0938. The van der Waals surface area contributed by atoms with Crippen molar-refractivity contribution in [3.8, 4) is 12.3 Å². The first-order valence-corrected chi connectivity index (χ1v) is 9.76. The highest BCUT2D eigenvalue weighted by atomic mass is 16.5. The molecule has 0 bridgehead atoms. The maximum absolute atomic E-state index is 12.2. The number of nitrogens with one attached hydrogen (secondary N) is 3. The number of terminal acetylenes is 1. The zero-order chi connectivity index (χ0) is 20.6. The smallest absolute Gasteiger partial charge is 0.243 e. The molecule has 1 aromatic carbocycles. The number of carbonyl (C=O) groups excluding carboxylic acids is 1. The Labute approximate surface area is 168 Å². The fraction of sp³-hybridized carbons (Fsp3) is 0.545. The third kappa shape index (κ3) is 6.58. The van der Waals surface area contributed by atoms with E-state index in [0.717, 1.165) is 31.6 Å². The summed E-state index contributed by atoms with van der Waals surface area (Å²) in [6.07, 6.45) is 7.79. The first-order valence-electron chi connectivity index (χ1n) is 9.76. The Balaban J connectivity index is 1.82. The zero-order valence-corrected chi connectivity index (χ0v) is 17.3. The van der Waals surface area contributed by atoms with Gasteiger partial charge in [-0.25, -0.2) is 0 Å². The molecule has 1 aliphatic heterocycles. The quantitative estimate of drug-likeness (QED) is 0.414. The predicted octanol–water partition coefficient (Wildman–Crippen LogP) is 2.61. The lowest BCUT2D eigenvalue weighted by molar-refractivity contribution is -0.115.